The molecule has 6 nitrogen and oxygen atoms in total. The molecule has 0 spiro atoms. The summed E-state index contributed by atoms with van der Waals surface area (Å²) in [7, 11) is 0. The molecular weight excluding hydrogens is 396 g/mol. The Hall–Kier alpha value is -1.96. The molecule has 166 valence electrons. The molecule has 2 aromatic rings. The molecule has 0 fully saturated rings. The van der Waals surface area contributed by atoms with E-state index in [0.717, 1.165) is 49.1 Å². The van der Waals surface area contributed by atoms with Crippen LogP contribution in [0.2, 0.25) is 0 Å². The molecule has 0 saturated carbocycles. The monoisotopic (exact) mass is 432 g/mol. The number of pyridine rings is 1. The highest BCUT2D eigenvalue weighted by molar-refractivity contribution is 7.80. The van der Waals surface area contributed by atoms with Gasteiger partial charge in [-0.05, 0) is 93.3 Å². The summed E-state index contributed by atoms with van der Waals surface area (Å²) >= 11 is 5.61. The van der Waals surface area contributed by atoms with E-state index >= 15 is 0 Å². The summed E-state index contributed by atoms with van der Waals surface area (Å²) in [6.07, 6.45) is 1.61. The minimum atomic E-state index is -0.0934. The fraction of sp³-hybridized carbons (Fsp3) is 0.565. The normalized spacial score (nSPS) is 11.3. The SMILES string of the molecule is CCN(CC)CCCNC(=S)N(CCCO)Cc1cc2cc(C)c(C)cc2[nH]c1=O. The Kier molecular flexibility index (Phi) is 9.75. The second kappa shape index (κ2) is 12.0. The number of aromatic nitrogens is 1. The fourth-order valence-corrected chi connectivity index (χ4v) is 3.77. The van der Waals surface area contributed by atoms with Gasteiger partial charge in [0.2, 0.25) is 0 Å². The largest absolute Gasteiger partial charge is 0.396 e. The Morgan fingerprint density at radius 3 is 2.47 bits per heavy atom. The number of benzene rings is 1. The average molecular weight is 433 g/mol. The lowest BCUT2D eigenvalue weighted by Gasteiger charge is -2.26. The molecule has 7 heteroatoms. The molecule has 30 heavy (non-hydrogen) atoms. The molecule has 0 atom stereocenters. The molecule has 3 N–H and O–H groups in total. The van der Waals surface area contributed by atoms with Gasteiger partial charge in [0.25, 0.3) is 5.56 Å². The van der Waals surface area contributed by atoms with Gasteiger partial charge >= 0.3 is 0 Å². The number of aromatic amines is 1. The highest BCUT2D eigenvalue weighted by atomic mass is 32.1. The zero-order valence-electron chi connectivity index (χ0n) is 18.8. The maximum absolute atomic E-state index is 12.7. The summed E-state index contributed by atoms with van der Waals surface area (Å²) in [6, 6.07) is 6.07. The van der Waals surface area contributed by atoms with Crippen LogP contribution in [0.15, 0.2) is 23.0 Å². The van der Waals surface area contributed by atoms with Gasteiger partial charge in [-0.25, -0.2) is 0 Å². The Bertz CT molecular complexity index is 893. The summed E-state index contributed by atoms with van der Waals surface area (Å²) in [6.45, 7) is 13.5. The first-order valence-corrected chi connectivity index (χ1v) is 11.3. The van der Waals surface area contributed by atoms with Gasteiger partial charge in [0.05, 0.1) is 6.54 Å². The van der Waals surface area contributed by atoms with E-state index in [-0.39, 0.29) is 12.2 Å². The zero-order valence-corrected chi connectivity index (χ0v) is 19.6. The van der Waals surface area contributed by atoms with Crippen molar-refractivity contribution in [3.05, 3.63) is 45.2 Å². The number of nitrogens with zero attached hydrogens (tertiary/aromatic N) is 2. The van der Waals surface area contributed by atoms with E-state index in [0.29, 0.717) is 30.2 Å². The lowest BCUT2D eigenvalue weighted by Crippen LogP contribution is -2.42. The molecule has 0 amide bonds. The predicted octanol–water partition coefficient (Wildman–Crippen LogP) is 2.94. The number of aliphatic hydroxyl groups excluding tert-OH is 1. The Balaban J connectivity index is 2.09. The number of hydrogen-bond donors (Lipinski definition) is 3. The summed E-state index contributed by atoms with van der Waals surface area (Å²) in [5, 5.41) is 14.3. The number of H-pyrrole nitrogens is 1. The van der Waals surface area contributed by atoms with E-state index in [2.05, 4.69) is 42.0 Å². The lowest BCUT2D eigenvalue weighted by molar-refractivity contribution is 0.263. The predicted molar refractivity (Wildman–Crippen MR) is 129 cm³/mol. The molecule has 0 saturated heterocycles. The number of hydrogen-bond acceptors (Lipinski definition) is 4. The van der Waals surface area contributed by atoms with Gasteiger partial charge in [0.15, 0.2) is 5.11 Å². The molecule has 0 aliphatic heterocycles. The first-order chi connectivity index (χ1) is 14.4. The van der Waals surface area contributed by atoms with E-state index < -0.39 is 0 Å². The van der Waals surface area contributed by atoms with E-state index in [4.69, 9.17) is 12.2 Å². The summed E-state index contributed by atoms with van der Waals surface area (Å²) in [5.74, 6) is 0. The van der Waals surface area contributed by atoms with Crippen molar-refractivity contribution in [3.8, 4) is 0 Å². The van der Waals surface area contributed by atoms with Crippen molar-refractivity contribution < 1.29 is 5.11 Å². The number of aryl methyl sites for hydroxylation is 2. The molecule has 0 bridgehead atoms. The smallest absolute Gasteiger partial charge is 0.253 e. The second-order valence-corrected chi connectivity index (χ2v) is 8.15. The first kappa shape index (κ1) is 24.3. The molecule has 2 rings (SSSR count). The topological polar surface area (TPSA) is 71.6 Å². The molecule has 1 aromatic heterocycles. The van der Waals surface area contributed by atoms with Gasteiger partial charge in [0, 0.05) is 30.8 Å². The van der Waals surface area contributed by atoms with Crippen LogP contribution in [-0.2, 0) is 6.54 Å². The number of nitrogens with one attached hydrogen (secondary N) is 2. The van der Waals surface area contributed by atoms with Crippen LogP contribution < -0.4 is 10.9 Å². The third-order valence-electron chi connectivity index (χ3n) is 5.59. The summed E-state index contributed by atoms with van der Waals surface area (Å²) in [5.41, 5.74) is 3.79. The molecule has 0 unspecified atom stereocenters. The van der Waals surface area contributed by atoms with Crippen LogP contribution in [0.4, 0.5) is 0 Å². The maximum atomic E-state index is 12.7. The van der Waals surface area contributed by atoms with Crippen LogP contribution in [0, 0.1) is 13.8 Å². The lowest BCUT2D eigenvalue weighted by atomic mass is 10.0. The van der Waals surface area contributed by atoms with E-state index in [1.165, 1.54) is 5.56 Å². The fourth-order valence-electron chi connectivity index (χ4n) is 3.51. The second-order valence-electron chi connectivity index (χ2n) is 7.76. The Morgan fingerprint density at radius 2 is 1.80 bits per heavy atom. The van der Waals surface area contributed by atoms with Crippen LogP contribution >= 0.6 is 12.2 Å². The van der Waals surface area contributed by atoms with Crippen LogP contribution in [0.1, 0.15) is 43.4 Å². The molecular formula is C23H36N4O2S. The van der Waals surface area contributed by atoms with Crippen LogP contribution in [0.25, 0.3) is 10.9 Å². The van der Waals surface area contributed by atoms with Crippen molar-refractivity contribution in [2.75, 3.05) is 39.3 Å². The minimum Gasteiger partial charge on any atom is -0.396 e. The number of aliphatic hydroxyl groups is 1. The van der Waals surface area contributed by atoms with Crippen molar-refractivity contribution >= 4 is 28.2 Å². The highest BCUT2D eigenvalue weighted by Crippen LogP contribution is 2.18. The van der Waals surface area contributed by atoms with Crippen molar-refractivity contribution in [2.45, 2.75) is 47.1 Å². The summed E-state index contributed by atoms with van der Waals surface area (Å²) < 4.78 is 0. The highest BCUT2D eigenvalue weighted by Gasteiger charge is 2.13. The maximum Gasteiger partial charge on any atom is 0.253 e. The molecule has 1 aromatic carbocycles. The van der Waals surface area contributed by atoms with Crippen molar-refractivity contribution in [2.24, 2.45) is 0 Å². The molecule has 0 aliphatic rings. The first-order valence-electron chi connectivity index (χ1n) is 10.9. The van der Waals surface area contributed by atoms with E-state index in [1.807, 2.05) is 24.0 Å². The molecule has 0 radical (unpaired) electrons. The van der Waals surface area contributed by atoms with Gasteiger partial charge in [-0.2, -0.15) is 0 Å². The standard InChI is InChI=1S/C23H36N4O2S/c1-5-26(6-2)10-7-9-24-23(30)27(11-8-12-28)16-20-15-19-13-17(3)18(4)14-21(19)25-22(20)29/h13-15,28H,5-12,16H2,1-4H3,(H,24,30)(H,25,29). The van der Waals surface area contributed by atoms with Crippen molar-refractivity contribution in [3.63, 3.8) is 0 Å². The third kappa shape index (κ3) is 6.79. The minimum absolute atomic E-state index is 0.0909. The zero-order chi connectivity index (χ0) is 22.1. The quantitative estimate of drug-likeness (QED) is 0.375. The molecule has 0 aliphatic carbocycles. The number of thiocarbonyl (C=S) groups is 1. The third-order valence-corrected chi connectivity index (χ3v) is 5.99. The van der Waals surface area contributed by atoms with E-state index in [1.54, 1.807) is 0 Å². The van der Waals surface area contributed by atoms with Gasteiger partial charge in [0.1, 0.15) is 0 Å². The van der Waals surface area contributed by atoms with E-state index in [9.17, 15) is 9.90 Å². The van der Waals surface area contributed by atoms with Gasteiger partial charge < -0.3 is 25.2 Å². The Morgan fingerprint density at radius 1 is 1.10 bits per heavy atom. The average Bonchev–Trinajstić information content (AvgIpc) is 2.72. The van der Waals surface area contributed by atoms with Gasteiger partial charge in [-0.15, -0.1) is 0 Å². The van der Waals surface area contributed by atoms with Crippen LogP contribution in [0.3, 0.4) is 0 Å². The number of rotatable bonds is 11. The van der Waals surface area contributed by atoms with Crippen molar-refractivity contribution in [1.29, 1.82) is 0 Å². The molecule has 1 heterocycles. The van der Waals surface area contributed by atoms with Crippen molar-refractivity contribution in [1.82, 2.24) is 20.1 Å². The van der Waals surface area contributed by atoms with Gasteiger partial charge in [-0.1, -0.05) is 13.8 Å². The van der Waals surface area contributed by atoms with Crippen LogP contribution in [0.5, 0.6) is 0 Å². The van der Waals surface area contributed by atoms with Gasteiger partial charge in [-0.3, -0.25) is 4.79 Å². The Labute approximate surface area is 185 Å². The van der Waals surface area contributed by atoms with Crippen LogP contribution in [-0.4, -0.2) is 64.3 Å². The summed E-state index contributed by atoms with van der Waals surface area (Å²) in [4.78, 5) is 20.0. The number of fused-ring (bicyclic) bond motifs is 1.